The quantitative estimate of drug-likeness (QED) is 0.606. The third kappa shape index (κ3) is 2.24. The molecule has 0 amide bonds. The van der Waals surface area contributed by atoms with Gasteiger partial charge >= 0.3 is 0 Å². The van der Waals surface area contributed by atoms with Crippen LogP contribution in [-0.2, 0) is 5.54 Å². The summed E-state index contributed by atoms with van der Waals surface area (Å²) in [5, 5.41) is 11.2. The van der Waals surface area contributed by atoms with Gasteiger partial charge in [-0.3, -0.25) is 0 Å². The van der Waals surface area contributed by atoms with E-state index in [2.05, 4.69) is 48.6 Å². The molecule has 16 heavy (non-hydrogen) atoms. The highest BCUT2D eigenvalue weighted by molar-refractivity contribution is 5.21. The van der Waals surface area contributed by atoms with Crippen molar-refractivity contribution < 1.29 is 10.2 Å². The number of nitrogens with two attached hydrogens (primary N) is 1. The number of nitrogens with zero attached hydrogens (tertiary/aromatic N) is 1. The molecule has 1 aliphatic heterocycles. The number of quaternary nitrogens is 2. The van der Waals surface area contributed by atoms with E-state index in [4.69, 9.17) is 5.26 Å². The van der Waals surface area contributed by atoms with Crippen molar-refractivity contribution in [3.63, 3.8) is 0 Å². The lowest BCUT2D eigenvalue weighted by Gasteiger charge is -2.35. The molecule has 3 heteroatoms. The first-order chi connectivity index (χ1) is 7.74. The van der Waals surface area contributed by atoms with Crippen LogP contribution in [0.5, 0.6) is 0 Å². The second-order valence-corrected chi connectivity index (χ2v) is 4.79. The highest BCUT2D eigenvalue weighted by Crippen LogP contribution is 2.14. The number of hydrogen-bond donors (Lipinski definition) is 2. The summed E-state index contributed by atoms with van der Waals surface area (Å²) in [6, 6.07) is 12.9. The van der Waals surface area contributed by atoms with Crippen LogP contribution in [0.25, 0.3) is 0 Å². The van der Waals surface area contributed by atoms with Crippen LogP contribution < -0.4 is 10.2 Å². The molecule has 1 heterocycles. The molecule has 1 aromatic carbocycles. The summed E-state index contributed by atoms with van der Waals surface area (Å²) in [4.78, 5) is 1.40. The van der Waals surface area contributed by atoms with Gasteiger partial charge in [0.15, 0.2) is 12.1 Å². The van der Waals surface area contributed by atoms with Crippen LogP contribution in [0.15, 0.2) is 30.3 Å². The Labute approximate surface area is 96.7 Å². The van der Waals surface area contributed by atoms with Gasteiger partial charge in [0.05, 0.1) is 0 Å². The van der Waals surface area contributed by atoms with E-state index in [9.17, 15) is 0 Å². The molecule has 0 bridgehead atoms. The van der Waals surface area contributed by atoms with E-state index in [1.54, 1.807) is 0 Å². The third-order valence-electron chi connectivity index (χ3n) is 3.47. The first-order valence-corrected chi connectivity index (χ1v) is 5.85. The predicted molar refractivity (Wildman–Crippen MR) is 61.8 cm³/mol. The molecule has 1 aliphatic rings. The Bertz CT molecular complexity index is 382. The number of hydrogen-bond acceptors (Lipinski definition) is 1. The average Bonchev–Trinajstić information content (AvgIpc) is 2.31. The minimum Gasteiger partial charge on any atom is -0.328 e. The first kappa shape index (κ1) is 11.1. The van der Waals surface area contributed by atoms with Crippen LogP contribution in [-0.4, -0.2) is 26.2 Å². The molecule has 2 atom stereocenters. The van der Waals surface area contributed by atoms with Gasteiger partial charge in [-0.1, -0.05) is 30.3 Å². The van der Waals surface area contributed by atoms with Gasteiger partial charge in [0.25, 0.3) is 0 Å². The monoisotopic (exact) mass is 217 g/mol. The predicted octanol–water partition coefficient (Wildman–Crippen LogP) is -1.11. The molecule has 2 rings (SSSR count). The molecule has 0 aliphatic carbocycles. The van der Waals surface area contributed by atoms with Crippen LogP contribution in [0.1, 0.15) is 12.5 Å². The molecule has 1 fully saturated rings. The fraction of sp³-hybridized carbons (Fsp3) is 0.462. The van der Waals surface area contributed by atoms with Gasteiger partial charge in [-0.25, -0.2) is 0 Å². The fourth-order valence-corrected chi connectivity index (χ4v) is 2.58. The molecule has 1 aromatic rings. The second kappa shape index (κ2) is 4.65. The lowest BCUT2D eigenvalue weighted by Crippen LogP contribution is -3.23. The van der Waals surface area contributed by atoms with Crippen LogP contribution in [0, 0.1) is 11.3 Å². The average molecular weight is 217 g/mol. The Morgan fingerprint density at radius 1 is 1.44 bits per heavy atom. The molecule has 1 saturated heterocycles. The van der Waals surface area contributed by atoms with Crippen molar-refractivity contribution in [1.29, 1.82) is 5.26 Å². The molecule has 3 nitrogen and oxygen atoms in total. The second-order valence-electron chi connectivity index (χ2n) is 4.79. The number of nitrogens with one attached hydrogen (secondary N) is 1. The normalized spacial score (nSPS) is 29.6. The molecular weight excluding hydrogens is 198 g/mol. The smallest absolute Gasteiger partial charge is 0.168 e. The van der Waals surface area contributed by atoms with Crippen molar-refractivity contribution in [3.05, 3.63) is 35.9 Å². The lowest BCUT2D eigenvalue weighted by molar-refractivity contribution is -0.967. The lowest BCUT2D eigenvalue weighted by atomic mass is 9.90. The van der Waals surface area contributed by atoms with E-state index in [0.29, 0.717) is 6.54 Å². The maximum atomic E-state index is 8.78. The number of rotatable bonds is 2. The SMILES string of the molecule is C[C@]1(c2ccccc2)C[NH+](CC#N)CC[NH2+]1. The minimum absolute atomic E-state index is 0.131. The van der Waals surface area contributed by atoms with Crippen LogP contribution in [0.2, 0.25) is 0 Å². The van der Waals surface area contributed by atoms with Gasteiger partial charge in [-0.15, -0.1) is 0 Å². The van der Waals surface area contributed by atoms with Crippen LogP contribution >= 0.6 is 0 Å². The standard InChI is InChI=1S/C13H17N3/c1-13(12-5-3-2-4-6-12)11-16(9-7-14)10-8-15-13/h2-6,15H,8-11H2,1H3/p+2/t13-/m1/s1. The van der Waals surface area contributed by atoms with Crippen LogP contribution in [0.3, 0.4) is 0 Å². The summed E-state index contributed by atoms with van der Waals surface area (Å²) in [7, 11) is 0. The zero-order chi connectivity index (χ0) is 11.4. The largest absolute Gasteiger partial charge is 0.328 e. The molecule has 84 valence electrons. The topological polar surface area (TPSA) is 44.8 Å². The van der Waals surface area contributed by atoms with Crippen molar-refractivity contribution in [3.8, 4) is 6.07 Å². The highest BCUT2D eigenvalue weighted by Gasteiger charge is 2.38. The van der Waals surface area contributed by atoms with E-state index in [0.717, 1.165) is 19.6 Å². The van der Waals surface area contributed by atoms with E-state index in [-0.39, 0.29) is 5.54 Å². The van der Waals surface area contributed by atoms with Crippen molar-refractivity contribution >= 4 is 0 Å². The Balaban J connectivity index is 2.16. The molecule has 0 spiro atoms. The first-order valence-electron chi connectivity index (χ1n) is 5.85. The van der Waals surface area contributed by atoms with Crippen molar-refractivity contribution in [2.45, 2.75) is 12.5 Å². The van der Waals surface area contributed by atoms with Crippen LogP contribution in [0.4, 0.5) is 0 Å². The summed E-state index contributed by atoms with van der Waals surface area (Å²) in [6.45, 7) is 6.12. The summed E-state index contributed by atoms with van der Waals surface area (Å²) >= 11 is 0. The maximum Gasteiger partial charge on any atom is 0.168 e. The zero-order valence-electron chi connectivity index (χ0n) is 9.74. The third-order valence-corrected chi connectivity index (χ3v) is 3.47. The van der Waals surface area contributed by atoms with Gasteiger partial charge in [-0.2, -0.15) is 5.26 Å². The van der Waals surface area contributed by atoms with Crippen molar-refractivity contribution in [1.82, 2.24) is 0 Å². The highest BCUT2D eigenvalue weighted by atomic mass is 15.2. The Kier molecular flexibility index (Phi) is 3.23. The van der Waals surface area contributed by atoms with E-state index in [1.807, 2.05) is 0 Å². The van der Waals surface area contributed by atoms with E-state index in [1.165, 1.54) is 10.5 Å². The van der Waals surface area contributed by atoms with E-state index < -0.39 is 0 Å². The Morgan fingerprint density at radius 3 is 2.88 bits per heavy atom. The minimum atomic E-state index is 0.131. The zero-order valence-corrected chi connectivity index (χ0v) is 9.74. The van der Waals surface area contributed by atoms with E-state index >= 15 is 0 Å². The van der Waals surface area contributed by atoms with Gasteiger partial charge in [-0.05, 0) is 0 Å². The maximum absolute atomic E-state index is 8.78. The molecule has 0 aromatic heterocycles. The number of nitriles is 1. The van der Waals surface area contributed by atoms with Gasteiger partial charge in [0.2, 0.25) is 0 Å². The van der Waals surface area contributed by atoms with Crippen molar-refractivity contribution in [2.75, 3.05) is 26.2 Å². The van der Waals surface area contributed by atoms with Gasteiger partial charge < -0.3 is 10.2 Å². The Hall–Kier alpha value is -1.37. The number of piperazine rings is 1. The van der Waals surface area contributed by atoms with Crippen molar-refractivity contribution in [2.24, 2.45) is 0 Å². The van der Waals surface area contributed by atoms with Gasteiger partial charge in [0, 0.05) is 12.5 Å². The Morgan fingerprint density at radius 2 is 2.19 bits per heavy atom. The summed E-state index contributed by atoms with van der Waals surface area (Å²) in [5.74, 6) is 0. The summed E-state index contributed by atoms with van der Waals surface area (Å²) in [5.41, 5.74) is 1.50. The molecule has 0 saturated carbocycles. The number of benzene rings is 1. The molecule has 0 radical (unpaired) electrons. The summed E-state index contributed by atoms with van der Waals surface area (Å²) in [6.07, 6.45) is 0. The van der Waals surface area contributed by atoms with Gasteiger partial charge in [0.1, 0.15) is 25.7 Å². The summed E-state index contributed by atoms with van der Waals surface area (Å²) < 4.78 is 0. The fourth-order valence-electron chi connectivity index (χ4n) is 2.58. The molecular formula is C13H19N3+2. The molecule has 1 unspecified atom stereocenters. The molecule has 3 N–H and O–H groups in total.